The molecule has 7 nitrogen and oxygen atoms in total. The number of nitro groups is 1. The second-order valence-electron chi connectivity index (χ2n) is 5.70. The van der Waals surface area contributed by atoms with Gasteiger partial charge in [0.2, 0.25) is 0 Å². The summed E-state index contributed by atoms with van der Waals surface area (Å²) in [5.74, 6) is 0.873. The molecule has 2 aromatic carbocycles. The maximum Gasteiger partial charge on any atom is 0.269 e. The van der Waals surface area contributed by atoms with Crippen LogP contribution in [0.5, 0.6) is 11.5 Å². The minimum Gasteiger partial charge on any atom is -0.490 e. The third-order valence-electron chi connectivity index (χ3n) is 3.75. The molecule has 0 bridgehead atoms. The van der Waals surface area contributed by atoms with Crippen molar-refractivity contribution in [3.05, 3.63) is 68.6 Å². The van der Waals surface area contributed by atoms with Crippen LogP contribution in [0.25, 0.3) is 6.08 Å². The largest absolute Gasteiger partial charge is 0.490 e. The van der Waals surface area contributed by atoms with E-state index in [1.54, 1.807) is 30.3 Å². The number of nitrogens with zero attached hydrogens (tertiary/aromatic N) is 1. The van der Waals surface area contributed by atoms with Gasteiger partial charge < -0.3 is 14.8 Å². The van der Waals surface area contributed by atoms with Crippen molar-refractivity contribution in [3.63, 3.8) is 0 Å². The van der Waals surface area contributed by atoms with Gasteiger partial charge >= 0.3 is 0 Å². The van der Waals surface area contributed by atoms with Crippen LogP contribution in [-0.2, 0) is 11.4 Å². The van der Waals surface area contributed by atoms with Crippen LogP contribution in [0.3, 0.4) is 0 Å². The van der Waals surface area contributed by atoms with Crippen LogP contribution in [0.1, 0.15) is 18.1 Å². The van der Waals surface area contributed by atoms with E-state index in [0.29, 0.717) is 27.3 Å². The molecule has 3 rings (SSSR count). The van der Waals surface area contributed by atoms with Crippen LogP contribution >= 0.6 is 24.0 Å². The Balaban J connectivity index is 1.75. The van der Waals surface area contributed by atoms with E-state index >= 15 is 0 Å². The third kappa shape index (κ3) is 4.87. The lowest BCUT2D eigenvalue weighted by atomic mass is 10.1. The van der Waals surface area contributed by atoms with Crippen molar-refractivity contribution in [2.45, 2.75) is 13.5 Å². The highest BCUT2D eigenvalue weighted by molar-refractivity contribution is 8.26. The number of benzene rings is 2. The Morgan fingerprint density at radius 3 is 2.54 bits per heavy atom. The molecule has 1 aliphatic rings. The molecule has 1 saturated heterocycles. The molecule has 0 unspecified atom stereocenters. The first-order chi connectivity index (χ1) is 13.5. The molecule has 28 heavy (non-hydrogen) atoms. The maximum absolute atomic E-state index is 11.8. The molecule has 2 aromatic rings. The molecule has 1 N–H and O–H groups in total. The van der Waals surface area contributed by atoms with E-state index in [1.807, 2.05) is 13.0 Å². The lowest BCUT2D eigenvalue weighted by molar-refractivity contribution is -0.384. The van der Waals surface area contributed by atoms with Crippen molar-refractivity contribution in [1.29, 1.82) is 0 Å². The minimum atomic E-state index is -0.444. The Bertz CT molecular complexity index is 957. The summed E-state index contributed by atoms with van der Waals surface area (Å²) in [7, 11) is 0. The highest BCUT2D eigenvalue weighted by Crippen LogP contribution is 2.32. The van der Waals surface area contributed by atoms with Gasteiger partial charge in [-0.1, -0.05) is 30.0 Å². The molecule has 144 valence electrons. The number of thioether (sulfide) groups is 1. The summed E-state index contributed by atoms with van der Waals surface area (Å²) in [6.45, 7) is 2.56. The lowest BCUT2D eigenvalue weighted by Gasteiger charge is -2.13. The number of nitro benzene ring substituents is 1. The average molecular weight is 416 g/mol. The smallest absolute Gasteiger partial charge is 0.269 e. The second-order valence-corrected chi connectivity index (χ2v) is 7.42. The van der Waals surface area contributed by atoms with E-state index < -0.39 is 4.92 Å². The molecule has 0 saturated carbocycles. The topological polar surface area (TPSA) is 90.7 Å². The van der Waals surface area contributed by atoms with Crippen LogP contribution in [-0.4, -0.2) is 21.8 Å². The predicted molar refractivity (Wildman–Crippen MR) is 111 cm³/mol. The number of carbonyl (C=O) groups excluding carboxylic acids is 1. The first-order valence-electron chi connectivity index (χ1n) is 8.34. The van der Waals surface area contributed by atoms with Gasteiger partial charge in [0.05, 0.1) is 16.4 Å². The summed E-state index contributed by atoms with van der Waals surface area (Å²) in [6, 6.07) is 11.5. The van der Waals surface area contributed by atoms with Crippen molar-refractivity contribution in [2.24, 2.45) is 0 Å². The monoisotopic (exact) mass is 416 g/mol. The summed E-state index contributed by atoms with van der Waals surface area (Å²) in [4.78, 5) is 22.6. The molecule has 0 radical (unpaired) electrons. The highest BCUT2D eigenvalue weighted by atomic mass is 32.2. The van der Waals surface area contributed by atoms with Gasteiger partial charge in [0.25, 0.3) is 11.6 Å². The fourth-order valence-electron chi connectivity index (χ4n) is 2.45. The average Bonchev–Trinajstić information content (AvgIpc) is 2.98. The van der Waals surface area contributed by atoms with Crippen LogP contribution in [0.15, 0.2) is 47.4 Å². The SMILES string of the molecule is CCOc1cc(/C=C2/SC(=S)NC2=O)ccc1OCc1ccc([N+](=O)[O-])cc1. The summed E-state index contributed by atoms with van der Waals surface area (Å²) < 4.78 is 11.9. The van der Waals surface area contributed by atoms with Gasteiger partial charge in [0.15, 0.2) is 11.5 Å². The molecule has 1 heterocycles. The van der Waals surface area contributed by atoms with Gasteiger partial charge in [-0.15, -0.1) is 0 Å². The molecule has 1 amide bonds. The van der Waals surface area contributed by atoms with Crippen LogP contribution in [0, 0.1) is 10.1 Å². The Hall–Kier alpha value is -2.91. The number of amides is 1. The molecule has 1 fully saturated rings. The fourth-order valence-corrected chi connectivity index (χ4v) is 3.49. The molecule has 0 spiro atoms. The van der Waals surface area contributed by atoms with Crippen molar-refractivity contribution in [2.75, 3.05) is 6.61 Å². The van der Waals surface area contributed by atoms with Gasteiger partial charge in [-0.25, -0.2) is 0 Å². The van der Waals surface area contributed by atoms with Crippen LogP contribution in [0.4, 0.5) is 5.69 Å². The number of non-ortho nitro benzene ring substituents is 1. The van der Waals surface area contributed by atoms with Gasteiger partial charge in [0, 0.05) is 12.1 Å². The van der Waals surface area contributed by atoms with Gasteiger partial charge in [0.1, 0.15) is 10.9 Å². The van der Waals surface area contributed by atoms with E-state index in [2.05, 4.69) is 5.32 Å². The van der Waals surface area contributed by atoms with Crippen LogP contribution in [0.2, 0.25) is 0 Å². The van der Waals surface area contributed by atoms with E-state index in [4.69, 9.17) is 21.7 Å². The molecular weight excluding hydrogens is 400 g/mol. The first-order valence-corrected chi connectivity index (χ1v) is 9.56. The standard InChI is InChI=1S/C19H16N2O5S2/c1-2-25-16-9-13(10-17-18(22)20-19(27)28-17)5-8-15(16)26-11-12-3-6-14(7-4-12)21(23)24/h3-10H,2,11H2,1H3,(H,20,22,27)/b17-10+. The van der Waals surface area contributed by atoms with Gasteiger partial charge in [-0.2, -0.15) is 0 Å². The normalized spacial score (nSPS) is 14.8. The molecule has 0 aliphatic carbocycles. The minimum absolute atomic E-state index is 0.0319. The third-order valence-corrected chi connectivity index (χ3v) is 4.91. The van der Waals surface area contributed by atoms with Crippen molar-refractivity contribution in [3.8, 4) is 11.5 Å². The zero-order valence-corrected chi connectivity index (χ0v) is 16.5. The van der Waals surface area contributed by atoms with E-state index in [0.717, 1.165) is 11.1 Å². The second kappa shape index (κ2) is 8.85. The number of hydrogen-bond donors (Lipinski definition) is 1. The summed E-state index contributed by atoms with van der Waals surface area (Å²) >= 11 is 6.20. The number of nitrogens with one attached hydrogen (secondary N) is 1. The Labute approximate surface area is 170 Å². The molecule has 0 aromatic heterocycles. The van der Waals surface area contributed by atoms with Crippen molar-refractivity contribution >= 4 is 46.0 Å². The number of thiocarbonyl (C=S) groups is 1. The summed E-state index contributed by atoms with van der Waals surface area (Å²) in [5, 5.41) is 13.3. The van der Waals surface area contributed by atoms with Crippen molar-refractivity contribution < 1.29 is 19.2 Å². The number of rotatable bonds is 7. The molecule has 9 heteroatoms. The quantitative estimate of drug-likeness (QED) is 0.315. The van der Waals surface area contributed by atoms with E-state index in [-0.39, 0.29) is 18.2 Å². The van der Waals surface area contributed by atoms with E-state index in [9.17, 15) is 14.9 Å². The van der Waals surface area contributed by atoms with Crippen LogP contribution < -0.4 is 14.8 Å². The summed E-state index contributed by atoms with van der Waals surface area (Å²) in [5.41, 5.74) is 1.62. The maximum atomic E-state index is 11.8. The molecule has 1 aliphatic heterocycles. The number of ether oxygens (including phenoxy) is 2. The van der Waals surface area contributed by atoms with Gasteiger partial charge in [-0.3, -0.25) is 14.9 Å². The molecule has 0 atom stereocenters. The number of carbonyl (C=O) groups is 1. The van der Waals surface area contributed by atoms with E-state index in [1.165, 1.54) is 23.9 Å². The zero-order chi connectivity index (χ0) is 20.1. The molecular formula is C19H16N2O5S2. The predicted octanol–water partition coefficient (Wildman–Crippen LogP) is 4.06. The fraction of sp³-hybridized carbons (Fsp3) is 0.158. The Morgan fingerprint density at radius 2 is 1.93 bits per heavy atom. The first kappa shape index (κ1) is 19.8. The number of hydrogen-bond acceptors (Lipinski definition) is 7. The Kier molecular flexibility index (Phi) is 6.27. The summed E-state index contributed by atoms with van der Waals surface area (Å²) in [6.07, 6.45) is 1.74. The highest BCUT2D eigenvalue weighted by Gasteiger charge is 2.22. The lowest BCUT2D eigenvalue weighted by Crippen LogP contribution is -2.17. The van der Waals surface area contributed by atoms with Gasteiger partial charge in [-0.05, 0) is 48.4 Å². The Morgan fingerprint density at radius 1 is 1.18 bits per heavy atom. The van der Waals surface area contributed by atoms with Crippen molar-refractivity contribution in [1.82, 2.24) is 5.32 Å². The zero-order valence-electron chi connectivity index (χ0n) is 14.8.